The first kappa shape index (κ1) is 12.8. The minimum absolute atomic E-state index is 0.200. The highest BCUT2D eigenvalue weighted by atomic mass is 19.3. The molecule has 0 heterocycles. The second kappa shape index (κ2) is 5.72. The van der Waals surface area contributed by atoms with E-state index in [0.717, 1.165) is 5.56 Å². The maximum absolute atomic E-state index is 12.8. The van der Waals surface area contributed by atoms with Crippen LogP contribution in [0.15, 0.2) is 43.0 Å². The molecule has 16 heavy (non-hydrogen) atoms. The molecule has 0 aliphatic heterocycles. The molecular formula is C12H14F2O2. The molecule has 0 spiro atoms. The first-order valence-electron chi connectivity index (χ1n) is 4.87. The second-order valence-electron chi connectivity index (χ2n) is 3.40. The van der Waals surface area contributed by atoms with Crippen molar-refractivity contribution in [2.75, 3.05) is 6.61 Å². The van der Waals surface area contributed by atoms with Crippen LogP contribution in [0.2, 0.25) is 0 Å². The van der Waals surface area contributed by atoms with Crippen molar-refractivity contribution >= 4 is 0 Å². The van der Waals surface area contributed by atoms with Crippen molar-refractivity contribution in [3.63, 3.8) is 0 Å². The van der Waals surface area contributed by atoms with Crippen molar-refractivity contribution in [2.24, 2.45) is 0 Å². The van der Waals surface area contributed by atoms with Gasteiger partial charge < -0.3 is 9.84 Å². The molecule has 0 saturated carbocycles. The van der Waals surface area contributed by atoms with Gasteiger partial charge in [-0.15, -0.1) is 0 Å². The van der Waals surface area contributed by atoms with Crippen molar-refractivity contribution in [3.05, 3.63) is 48.6 Å². The van der Waals surface area contributed by atoms with Gasteiger partial charge in [-0.3, -0.25) is 0 Å². The minimum atomic E-state index is -3.31. The summed E-state index contributed by atoms with van der Waals surface area (Å²) in [5, 5.41) is 9.11. The molecule has 1 rings (SSSR count). The van der Waals surface area contributed by atoms with Crippen molar-refractivity contribution in [1.82, 2.24) is 0 Å². The van der Waals surface area contributed by atoms with Crippen LogP contribution < -0.4 is 0 Å². The highest BCUT2D eigenvalue weighted by Gasteiger charge is 2.34. The van der Waals surface area contributed by atoms with Gasteiger partial charge in [0.1, 0.15) is 6.10 Å². The monoisotopic (exact) mass is 228 g/mol. The number of alkyl halides is 2. The van der Waals surface area contributed by atoms with E-state index in [4.69, 9.17) is 9.84 Å². The largest absolute Gasteiger partial charge is 0.384 e. The van der Waals surface area contributed by atoms with Crippen LogP contribution in [0.1, 0.15) is 5.56 Å². The Morgan fingerprint density at radius 2 is 2.00 bits per heavy atom. The molecule has 4 heteroatoms. The maximum Gasteiger partial charge on any atom is 0.293 e. The molecule has 0 aliphatic rings. The minimum Gasteiger partial charge on any atom is -0.384 e. The number of hydrogen-bond donors (Lipinski definition) is 1. The molecule has 0 fully saturated rings. The number of rotatable bonds is 6. The molecule has 0 aliphatic carbocycles. The van der Waals surface area contributed by atoms with Crippen LogP contribution in [-0.2, 0) is 11.3 Å². The van der Waals surface area contributed by atoms with Gasteiger partial charge in [-0.05, 0) is 11.6 Å². The number of aliphatic hydroxyl groups is 1. The zero-order chi connectivity index (χ0) is 12.0. The van der Waals surface area contributed by atoms with E-state index >= 15 is 0 Å². The summed E-state index contributed by atoms with van der Waals surface area (Å²) in [5.41, 5.74) is 0.872. The van der Waals surface area contributed by atoms with E-state index in [0.29, 0.717) is 6.08 Å². The van der Waals surface area contributed by atoms with Gasteiger partial charge in [-0.1, -0.05) is 36.9 Å². The summed E-state index contributed by atoms with van der Waals surface area (Å²) in [6.07, 6.45) is -1.43. The summed E-state index contributed by atoms with van der Waals surface area (Å²) in [5.74, 6) is -3.31. The lowest BCUT2D eigenvalue weighted by atomic mass is 10.2. The van der Waals surface area contributed by atoms with E-state index in [1.807, 2.05) is 30.3 Å². The smallest absolute Gasteiger partial charge is 0.293 e. The van der Waals surface area contributed by atoms with E-state index in [1.165, 1.54) is 0 Å². The lowest BCUT2D eigenvalue weighted by Gasteiger charge is -2.18. The van der Waals surface area contributed by atoms with Crippen LogP contribution in [0.3, 0.4) is 0 Å². The molecule has 1 aromatic rings. The van der Waals surface area contributed by atoms with Crippen LogP contribution >= 0.6 is 0 Å². The fourth-order valence-corrected chi connectivity index (χ4v) is 1.11. The van der Waals surface area contributed by atoms with E-state index in [-0.39, 0.29) is 6.61 Å². The number of ether oxygens (including phenoxy) is 1. The molecule has 0 amide bonds. The molecule has 1 N–H and O–H groups in total. The van der Waals surface area contributed by atoms with Gasteiger partial charge in [0, 0.05) is 0 Å². The SMILES string of the molecule is C=CC(F)(F)[C@H](O)COCc1ccccc1. The Balaban J connectivity index is 2.34. The van der Waals surface area contributed by atoms with E-state index in [2.05, 4.69) is 6.58 Å². The summed E-state index contributed by atoms with van der Waals surface area (Å²) < 4.78 is 30.6. The molecule has 0 radical (unpaired) electrons. The van der Waals surface area contributed by atoms with E-state index < -0.39 is 18.6 Å². The average Bonchev–Trinajstić information content (AvgIpc) is 2.30. The van der Waals surface area contributed by atoms with Crippen LogP contribution in [0.25, 0.3) is 0 Å². The normalized spacial score (nSPS) is 13.4. The molecule has 0 saturated heterocycles. The Morgan fingerprint density at radius 3 is 2.56 bits per heavy atom. The third kappa shape index (κ3) is 3.72. The Bertz CT molecular complexity index is 325. The van der Waals surface area contributed by atoms with Crippen LogP contribution in [0.4, 0.5) is 8.78 Å². The van der Waals surface area contributed by atoms with Crippen molar-refractivity contribution in [3.8, 4) is 0 Å². The molecule has 2 nitrogen and oxygen atoms in total. The third-order valence-corrected chi connectivity index (χ3v) is 2.10. The topological polar surface area (TPSA) is 29.5 Å². The maximum atomic E-state index is 12.8. The summed E-state index contributed by atoms with van der Waals surface area (Å²) in [7, 11) is 0. The predicted octanol–water partition coefficient (Wildman–Crippen LogP) is 2.39. The van der Waals surface area contributed by atoms with Gasteiger partial charge in [0.15, 0.2) is 0 Å². The molecule has 0 aromatic heterocycles. The highest BCUT2D eigenvalue weighted by molar-refractivity contribution is 5.13. The zero-order valence-electron chi connectivity index (χ0n) is 8.77. The predicted molar refractivity (Wildman–Crippen MR) is 57.2 cm³/mol. The summed E-state index contributed by atoms with van der Waals surface area (Å²) in [4.78, 5) is 0. The fourth-order valence-electron chi connectivity index (χ4n) is 1.11. The fraction of sp³-hybridized carbons (Fsp3) is 0.333. The van der Waals surface area contributed by atoms with Gasteiger partial charge in [-0.25, -0.2) is 0 Å². The molecular weight excluding hydrogens is 214 g/mol. The first-order valence-corrected chi connectivity index (χ1v) is 4.87. The zero-order valence-corrected chi connectivity index (χ0v) is 8.77. The number of aliphatic hydroxyl groups excluding tert-OH is 1. The summed E-state index contributed by atoms with van der Waals surface area (Å²) >= 11 is 0. The lowest BCUT2D eigenvalue weighted by molar-refractivity contribution is -0.105. The van der Waals surface area contributed by atoms with Gasteiger partial charge in [0.05, 0.1) is 13.2 Å². The van der Waals surface area contributed by atoms with Crippen molar-refractivity contribution in [2.45, 2.75) is 18.6 Å². The number of benzene rings is 1. The standard InChI is InChI=1S/C12H14F2O2/c1-2-12(13,14)11(15)9-16-8-10-6-4-3-5-7-10/h2-7,11,15H,1,8-9H2/t11-/m1/s1. The van der Waals surface area contributed by atoms with E-state index in [1.54, 1.807) is 0 Å². The Hall–Kier alpha value is -1.26. The Morgan fingerprint density at radius 1 is 1.38 bits per heavy atom. The highest BCUT2D eigenvalue weighted by Crippen LogP contribution is 2.20. The van der Waals surface area contributed by atoms with Gasteiger partial charge >= 0.3 is 0 Å². The lowest BCUT2D eigenvalue weighted by Crippen LogP contribution is -2.35. The van der Waals surface area contributed by atoms with Gasteiger partial charge in [-0.2, -0.15) is 8.78 Å². The second-order valence-corrected chi connectivity index (χ2v) is 3.40. The summed E-state index contributed by atoms with van der Waals surface area (Å²) in [6, 6.07) is 9.14. The Labute approximate surface area is 93.2 Å². The van der Waals surface area contributed by atoms with Crippen molar-refractivity contribution < 1.29 is 18.6 Å². The van der Waals surface area contributed by atoms with Crippen LogP contribution in [-0.4, -0.2) is 23.7 Å². The average molecular weight is 228 g/mol. The Kier molecular flexibility index (Phi) is 4.58. The number of hydrogen-bond acceptors (Lipinski definition) is 2. The molecule has 1 aromatic carbocycles. The first-order chi connectivity index (χ1) is 7.56. The third-order valence-electron chi connectivity index (χ3n) is 2.10. The molecule has 1 atom stereocenters. The molecule has 88 valence electrons. The quantitative estimate of drug-likeness (QED) is 0.757. The molecule has 0 unspecified atom stereocenters. The molecule has 0 bridgehead atoms. The number of halogens is 2. The van der Waals surface area contributed by atoms with Crippen LogP contribution in [0, 0.1) is 0 Å². The van der Waals surface area contributed by atoms with Crippen LogP contribution in [0.5, 0.6) is 0 Å². The van der Waals surface area contributed by atoms with E-state index in [9.17, 15) is 8.78 Å². The van der Waals surface area contributed by atoms with Gasteiger partial charge in [0.25, 0.3) is 5.92 Å². The van der Waals surface area contributed by atoms with Crippen molar-refractivity contribution in [1.29, 1.82) is 0 Å². The van der Waals surface area contributed by atoms with Gasteiger partial charge in [0.2, 0.25) is 0 Å². The summed E-state index contributed by atoms with van der Waals surface area (Å²) in [6.45, 7) is 2.73.